The van der Waals surface area contributed by atoms with Crippen LogP contribution in [0.4, 0.5) is 0 Å². The predicted octanol–water partition coefficient (Wildman–Crippen LogP) is 0.874. The van der Waals surface area contributed by atoms with Crippen molar-refractivity contribution in [2.24, 2.45) is 0 Å². The van der Waals surface area contributed by atoms with E-state index < -0.39 is 37.4 Å². The second-order valence-corrected chi connectivity index (χ2v) is 19.0. The summed E-state index contributed by atoms with van der Waals surface area (Å²) < 4.78 is 32.9. The largest absolute Gasteiger partial charge is 0.360 e. The summed E-state index contributed by atoms with van der Waals surface area (Å²) in [6, 6.07) is 4.17. The van der Waals surface area contributed by atoms with Gasteiger partial charge in [-0.1, -0.05) is 55.5 Å². The smallest absolute Gasteiger partial charge is 0.134 e. The van der Waals surface area contributed by atoms with Gasteiger partial charge in [0.2, 0.25) is 0 Å². The molecule has 0 aromatic rings. The van der Waals surface area contributed by atoms with Crippen LogP contribution < -0.4 is 0 Å². The Labute approximate surface area is 181 Å². The molecular formula is C18H46O6Si4. The second-order valence-electron chi connectivity index (χ2n) is 8.30. The van der Waals surface area contributed by atoms with Gasteiger partial charge in [0.05, 0.1) is 28.6 Å². The first-order valence-corrected chi connectivity index (χ1v) is 17.8. The molecule has 170 valence electrons. The van der Waals surface area contributed by atoms with Crippen LogP contribution in [-0.4, -0.2) is 97.8 Å². The van der Waals surface area contributed by atoms with E-state index in [2.05, 4.69) is 20.8 Å². The zero-order valence-corrected chi connectivity index (χ0v) is 25.1. The van der Waals surface area contributed by atoms with Crippen LogP contribution in [0.2, 0.25) is 34.8 Å². The lowest BCUT2D eigenvalue weighted by atomic mass is 10.5. The molecule has 0 heterocycles. The minimum absolute atomic E-state index is 0.0426. The molecule has 0 aliphatic carbocycles. The normalized spacial score (nSPS) is 18.0. The third-order valence-corrected chi connectivity index (χ3v) is 18.6. The van der Waals surface area contributed by atoms with Crippen LogP contribution in [0.1, 0.15) is 20.8 Å². The first-order valence-electron chi connectivity index (χ1n) is 10.5. The van der Waals surface area contributed by atoms with Crippen molar-refractivity contribution < 1.29 is 28.4 Å². The summed E-state index contributed by atoms with van der Waals surface area (Å²) in [5, 5.41) is 0. The SMILES string of the molecule is COC(OC)[SiH2]C(C)C[SiH](CC(C)[SiH2]C(OC)OC)CC(C)[SiH2]C(OC)OC. The van der Waals surface area contributed by atoms with E-state index in [1.54, 1.807) is 42.7 Å². The highest BCUT2D eigenvalue weighted by Gasteiger charge is 2.25. The standard InChI is InChI=1S/C18H46O6Si4/c1-13(25-16(19-4)20-5)10-28(11-14(2)26-17(21-6)22-7)12-15(3)27-18(23-8)24-9/h13-18,28H,10-12,25-27H2,1-9H3. The van der Waals surface area contributed by atoms with Gasteiger partial charge in [-0.15, -0.1) is 0 Å². The van der Waals surface area contributed by atoms with E-state index in [0.29, 0.717) is 0 Å². The Hall–Kier alpha value is 0.628. The summed E-state index contributed by atoms with van der Waals surface area (Å²) >= 11 is 0. The van der Waals surface area contributed by atoms with Crippen LogP contribution in [0.3, 0.4) is 0 Å². The highest BCUT2D eigenvalue weighted by molar-refractivity contribution is 6.63. The summed E-state index contributed by atoms with van der Waals surface area (Å²) in [6.45, 7) is 7.21. The summed E-state index contributed by atoms with van der Waals surface area (Å²) in [5.74, 6) is 0.128. The Morgan fingerprint density at radius 2 is 0.714 bits per heavy atom. The molecule has 0 fully saturated rings. The number of hydrogen-bond acceptors (Lipinski definition) is 6. The van der Waals surface area contributed by atoms with Gasteiger partial charge in [0, 0.05) is 51.5 Å². The fourth-order valence-corrected chi connectivity index (χ4v) is 17.8. The van der Waals surface area contributed by atoms with Crippen LogP contribution in [0.5, 0.6) is 0 Å². The molecule has 3 unspecified atom stereocenters. The van der Waals surface area contributed by atoms with Crippen molar-refractivity contribution in [3.8, 4) is 0 Å². The van der Waals surface area contributed by atoms with Gasteiger partial charge in [-0.05, 0) is 0 Å². The molecule has 0 aliphatic heterocycles. The minimum atomic E-state index is -0.880. The molecule has 0 bridgehead atoms. The van der Waals surface area contributed by atoms with Gasteiger partial charge in [0.25, 0.3) is 0 Å². The van der Waals surface area contributed by atoms with E-state index >= 15 is 0 Å². The van der Waals surface area contributed by atoms with Crippen LogP contribution >= 0.6 is 0 Å². The van der Waals surface area contributed by atoms with Gasteiger partial charge < -0.3 is 28.4 Å². The molecule has 0 rings (SSSR count). The first-order chi connectivity index (χ1) is 13.3. The number of hydrogen-bond donors (Lipinski definition) is 0. The predicted molar refractivity (Wildman–Crippen MR) is 129 cm³/mol. The summed E-state index contributed by atoms with van der Waals surface area (Å²) in [4.78, 5) is 0. The Morgan fingerprint density at radius 3 is 0.893 bits per heavy atom. The molecule has 0 saturated carbocycles. The van der Waals surface area contributed by atoms with E-state index in [9.17, 15) is 0 Å². The van der Waals surface area contributed by atoms with Crippen molar-refractivity contribution in [2.45, 2.75) is 73.3 Å². The maximum Gasteiger partial charge on any atom is 0.134 e. The maximum atomic E-state index is 5.48. The van der Waals surface area contributed by atoms with Crippen LogP contribution in [0.25, 0.3) is 0 Å². The zero-order chi connectivity index (χ0) is 21.5. The van der Waals surface area contributed by atoms with Crippen LogP contribution in [0, 0.1) is 0 Å². The lowest BCUT2D eigenvalue weighted by molar-refractivity contribution is -0.0447. The number of methoxy groups -OCH3 is 6. The van der Waals surface area contributed by atoms with Crippen LogP contribution in [0.15, 0.2) is 0 Å². The number of ether oxygens (including phenoxy) is 6. The van der Waals surface area contributed by atoms with Crippen molar-refractivity contribution in [2.75, 3.05) is 42.7 Å². The third-order valence-electron chi connectivity index (χ3n) is 5.57. The Kier molecular flexibility index (Phi) is 17.7. The van der Waals surface area contributed by atoms with Gasteiger partial charge in [0.1, 0.15) is 17.7 Å². The fraction of sp³-hybridized carbons (Fsp3) is 1.00. The molecule has 0 saturated heterocycles. The summed E-state index contributed by atoms with van der Waals surface area (Å²) in [5.41, 5.74) is 2.27. The lowest BCUT2D eigenvalue weighted by Gasteiger charge is -2.28. The van der Waals surface area contributed by atoms with E-state index in [-0.39, 0.29) is 17.7 Å². The van der Waals surface area contributed by atoms with Gasteiger partial charge >= 0.3 is 0 Å². The first kappa shape index (κ1) is 28.6. The van der Waals surface area contributed by atoms with E-state index in [1.807, 2.05) is 0 Å². The molecule has 10 heteroatoms. The molecule has 0 aromatic heterocycles. The minimum Gasteiger partial charge on any atom is -0.360 e. The highest BCUT2D eigenvalue weighted by Crippen LogP contribution is 2.29. The Morgan fingerprint density at radius 1 is 0.500 bits per heavy atom. The van der Waals surface area contributed by atoms with Crippen molar-refractivity contribution >= 4 is 37.4 Å². The molecule has 0 aliphatic rings. The molecule has 0 N–H and O–H groups in total. The van der Waals surface area contributed by atoms with Gasteiger partial charge in [-0.25, -0.2) is 0 Å². The molecule has 0 spiro atoms. The van der Waals surface area contributed by atoms with Crippen LogP contribution in [-0.2, 0) is 28.4 Å². The maximum absolute atomic E-state index is 5.48. The van der Waals surface area contributed by atoms with Gasteiger partial charge in [-0.2, -0.15) is 0 Å². The highest BCUT2D eigenvalue weighted by atomic mass is 28.3. The third kappa shape index (κ3) is 13.0. The van der Waals surface area contributed by atoms with Crippen molar-refractivity contribution in [3.63, 3.8) is 0 Å². The summed E-state index contributed by atoms with van der Waals surface area (Å²) in [6.07, 6.45) is 0. The molecule has 0 radical (unpaired) electrons. The van der Waals surface area contributed by atoms with Crippen molar-refractivity contribution in [3.05, 3.63) is 0 Å². The van der Waals surface area contributed by atoms with Crippen molar-refractivity contribution in [1.82, 2.24) is 0 Å². The molecule has 3 atom stereocenters. The Balaban J connectivity index is 4.88. The van der Waals surface area contributed by atoms with E-state index in [0.717, 1.165) is 16.6 Å². The second kappa shape index (κ2) is 17.3. The molecule has 0 amide bonds. The topological polar surface area (TPSA) is 55.4 Å². The van der Waals surface area contributed by atoms with E-state index in [1.165, 1.54) is 18.1 Å². The summed E-state index contributed by atoms with van der Waals surface area (Å²) in [7, 11) is 8.45. The zero-order valence-electron chi connectivity index (χ0n) is 19.7. The molecular weight excluding hydrogens is 425 g/mol. The number of rotatable bonds is 18. The Bertz CT molecular complexity index is 305. The monoisotopic (exact) mass is 470 g/mol. The van der Waals surface area contributed by atoms with Gasteiger partial charge in [0.15, 0.2) is 0 Å². The average molecular weight is 471 g/mol. The quantitative estimate of drug-likeness (QED) is 0.219. The van der Waals surface area contributed by atoms with Gasteiger partial charge in [-0.3, -0.25) is 0 Å². The van der Waals surface area contributed by atoms with Crippen molar-refractivity contribution in [1.29, 1.82) is 0 Å². The molecule has 0 aromatic carbocycles. The fourth-order valence-electron chi connectivity index (χ4n) is 4.14. The van der Waals surface area contributed by atoms with E-state index in [4.69, 9.17) is 28.4 Å². The average Bonchev–Trinajstić information content (AvgIpc) is 2.67. The molecule has 6 nitrogen and oxygen atoms in total. The molecule has 28 heavy (non-hydrogen) atoms. The lowest BCUT2D eigenvalue weighted by Crippen LogP contribution is -2.31.